The Morgan fingerprint density at radius 3 is 2.00 bits per heavy atom. The van der Waals surface area contributed by atoms with Gasteiger partial charge >= 0.3 is 11.2 Å². The molecule has 1 heterocycles. The summed E-state index contributed by atoms with van der Waals surface area (Å²) in [6, 6.07) is -0.377. The van der Waals surface area contributed by atoms with Crippen LogP contribution in [0.5, 0.6) is 0 Å². The van der Waals surface area contributed by atoms with E-state index in [1.807, 2.05) is 0 Å². The zero-order valence-corrected chi connectivity index (χ0v) is 17.7. The normalized spacial score (nSPS) is 21.5. The van der Waals surface area contributed by atoms with Crippen molar-refractivity contribution in [3.8, 4) is 0 Å². The summed E-state index contributed by atoms with van der Waals surface area (Å²) >= 11 is 0.843. The Kier molecular flexibility index (Phi) is 6.12. The molecule has 1 rings (SSSR count). The zero-order valence-electron chi connectivity index (χ0n) is 15.3. The van der Waals surface area contributed by atoms with Crippen molar-refractivity contribution in [2.75, 3.05) is 32.5 Å². The van der Waals surface area contributed by atoms with Gasteiger partial charge in [-0.1, -0.05) is 13.4 Å². The van der Waals surface area contributed by atoms with Gasteiger partial charge in [-0.15, -0.1) is 0 Å². The molecule has 0 aromatic carbocycles. The van der Waals surface area contributed by atoms with E-state index in [9.17, 15) is 21.6 Å². The smallest absolute Gasteiger partial charge is 0.296 e. The average molecular weight is 415 g/mol. The molecular weight excluding hydrogens is 390 g/mol. The van der Waals surface area contributed by atoms with E-state index in [-0.39, 0.29) is 11.2 Å². The van der Waals surface area contributed by atoms with Crippen molar-refractivity contribution >= 4 is 49.3 Å². The number of thioether (sulfide) groups is 1. The number of nitrogens with zero attached hydrogens (tertiary/aromatic N) is 5. The first-order chi connectivity index (χ1) is 11.0. The minimum atomic E-state index is -4.00. The minimum Gasteiger partial charge on any atom is -0.296 e. The Labute approximate surface area is 153 Å². The van der Waals surface area contributed by atoms with Gasteiger partial charge in [0.15, 0.2) is 6.34 Å². The number of amides is 2. The van der Waals surface area contributed by atoms with Gasteiger partial charge in [0, 0.05) is 14.1 Å². The van der Waals surface area contributed by atoms with Crippen molar-refractivity contribution in [2.45, 2.75) is 26.3 Å². The Bertz CT molecular complexity index is 779. The first kappa shape index (κ1) is 22.0. The first-order valence-corrected chi connectivity index (χ1v) is 11.8. The number of aliphatic imine (C=N–C) groups is 1. The van der Waals surface area contributed by atoms with Crippen molar-refractivity contribution in [3.63, 3.8) is 0 Å². The second kappa shape index (κ2) is 6.95. The van der Waals surface area contributed by atoms with Crippen molar-refractivity contribution in [1.82, 2.24) is 8.61 Å². The van der Waals surface area contributed by atoms with E-state index >= 15 is 0 Å². The van der Waals surface area contributed by atoms with Crippen LogP contribution in [0.1, 0.15) is 20.8 Å². The van der Waals surface area contributed by atoms with Crippen LogP contribution in [0, 0.1) is 0 Å². The largest absolute Gasteiger partial charge is 0.452 e. The summed E-state index contributed by atoms with van der Waals surface area (Å²) < 4.78 is 46.9. The fourth-order valence-electron chi connectivity index (χ4n) is 2.13. The van der Waals surface area contributed by atoms with Crippen LogP contribution in [0.3, 0.4) is 0 Å². The molecule has 144 valence electrons. The molecule has 0 aliphatic carbocycles. The molecule has 0 bridgehead atoms. The summed E-state index contributed by atoms with van der Waals surface area (Å²) in [6.45, 7) is 5.37. The number of rotatable bonds is 4. The van der Waals surface area contributed by atoms with Crippen LogP contribution >= 0.6 is 11.8 Å². The van der Waals surface area contributed by atoms with Crippen LogP contribution in [-0.4, -0.2) is 85.6 Å². The molecule has 0 spiro atoms. The van der Waals surface area contributed by atoms with E-state index in [2.05, 4.69) is 10.1 Å². The van der Waals surface area contributed by atoms with E-state index in [1.54, 1.807) is 34.9 Å². The van der Waals surface area contributed by atoms with Gasteiger partial charge in [-0.25, -0.2) is 21.6 Å². The summed E-state index contributed by atoms with van der Waals surface area (Å²) in [5.74, 6) is -0.434. The third-order valence-corrected chi connectivity index (χ3v) is 8.04. The summed E-state index contributed by atoms with van der Waals surface area (Å²) in [5.41, 5.74) is -0.721. The monoisotopic (exact) mass is 414 g/mol. The molecule has 1 atom stereocenters. The predicted molar refractivity (Wildman–Crippen MR) is 99.0 cm³/mol. The highest BCUT2D eigenvalue weighted by molar-refractivity contribution is 8.14. The van der Waals surface area contributed by atoms with E-state index in [0.29, 0.717) is 3.71 Å². The number of hydrogen-bond acceptors (Lipinski definition) is 8. The lowest BCUT2D eigenvalue weighted by Gasteiger charge is -2.38. The molecule has 1 unspecified atom stereocenters. The number of carbonyl (C=O) groups is 1. The number of urea groups is 1. The molecule has 1 aliphatic rings. The molecule has 0 saturated heterocycles. The fourth-order valence-corrected chi connectivity index (χ4v) is 6.88. The van der Waals surface area contributed by atoms with Gasteiger partial charge in [0.1, 0.15) is 5.54 Å². The molecule has 25 heavy (non-hydrogen) atoms. The molecule has 2 amide bonds. The van der Waals surface area contributed by atoms with Gasteiger partial charge in [-0.3, -0.25) is 4.90 Å². The van der Waals surface area contributed by atoms with Gasteiger partial charge < -0.3 is 0 Å². The van der Waals surface area contributed by atoms with Crippen LogP contribution in [0.25, 0.3) is 0 Å². The van der Waals surface area contributed by atoms with Crippen molar-refractivity contribution in [3.05, 3.63) is 0 Å². The quantitative estimate of drug-likeness (QED) is 0.489. The summed E-state index contributed by atoms with van der Waals surface area (Å²) in [6.07, 6.45) is 2.83. The van der Waals surface area contributed by atoms with Crippen LogP contribution in [0.2, 0.25) is 0 Å². The number of quaternary nitrogens is 1. The Morgan fingerprint density at radius 1 is 1.16 bits per heavy atom. The molecule has 0 aromatic rings. The maximum atomic E-state index is 12.8. The highest BCUT2D eigenvalue weighted by Crippen LogP contribution is 2.35. The molecule has 10 nitrogen and oxygen atoms in total. The van der Waals surface area contributed by atoms with E-state index < -0.39 is 36.1 Å². The van der Waals surface area contributed by atoms with Crippen molar-refractivity contribution < 1.29 is 26.2 Å². The van der Waals surface area contributed by atoms with Crippen LogP contribution in [-0.2, 0) is 20.0 Å². The highest BCUT2D eigenvalue weighted by atomic mass is 32.3. The predicted octanol–water partition coefficient (Wildman–Crippen LogP) is 0.508. The van der Waals surface area contributed by atoms with E-state index in [0.717, 1.165) is 24.3 Å². The van der Waals surface area contributed by atoms with Gasteiger partial charge in [-0.2, -0.15) is 4.99 Å². The third-order valence-electron chi connectivity index (χ3n) is 3.34. The summed E-state index contributed by atoms with van der Waals surface area (Å²) in [4.78, 5) is 18.3. The second-order valence-corrected chi connectivity index (χ2v) is 11.7. The van der Waals surface area contributed by atoms with Crippen molar-refractivity contribution in [2.24, 2.45) is 10.1 Å². The molecule has 13 heteroatoms. The molecular formula is C12H24N5O5S3+. The van der Waals surface area contributed by atoms with E-state index in [4.69, 9.17) is 0 Å². The second-order valence-electron chi connectivity index (χ2n) is 6.70. The lowest BCUT2D eigenvalue weighted by molar-refractivity contribution is -0.814. The lowest BCUT2D eigenvalue weighted by Crippen LogP contribution is -2.64. The molecule has 0 N–H and O–H groups in total. The van der Waals surface area contributed by atoms with Crippen LogP contribution in [0.15, 0.2) is 10.1 Å². The fraction of sp³-hybridized carbons (Fsp3) is 0.750. The number of carbonyl (C=O) groups excluding carboxylic acids is 1. The lowest BCUT2D eigenvalue weighted by atomic mass is 10.1. The maximum absolute atomic E-state index is 12.8. The van der Waals surface area contributed by atoms with Gasteiger partial charge in [0.25, 0.3) is 0 Å². The highest BCUT2D eigenvalue weighted by Gasteiger charge is 2.57. The Morgan fingerprint density at radius 2 is 1.64 bits per heavy atom. The van der Waals surface area contributed by atoms with Gasteiger partial charge in [0.05, 0.1) is 18.4 Å². The minimum absolute atomic E-state index is 0.198. The first-order valence-electron chi connectivity index (χ1n) is 7.09. The molecule has 0 aromatic heterocycles. The van der Waals surface area contributed by atoms with Crippen LogP contribution < -0.4 is 0 Å². The number of amidine groups is 1. The van der Waals surface area contributed by atoms with E-state index in [1.165, 1.54) is 11.2 Å². The summed E-state index contributed by atoms with van der Waals surface area (Å²) in [7, 11) is -4.85. The summed E-state index contributed by atoms with van der Waals surface area (Å²) in [5, 5.41) is 4.42. The van der Waals surface area contributed by atoms with Crippen LogP contribution in [0.4, 0.5) is 4.79 Å². The Hall–Kier alpha value is -1.02. The topological polar surface area (TPSA) is 117 Å². The SMILES string of the molecule is CN(C)C(=O)[N+]1(C(C)(C)C)N=CN=C1SCN(S(C)(=O)=O)S(C)(=O)=O. The molecule has 0 saturated carbocycles. The molecule has 1 aliphatic heterocycles. The Balaban J connectivity index is 3.27. The number of sulfonamides is 2. The van der Waals surface area contributed by atoms with Gasteiger partial charge in [0.2, 0.25) is 20.0 Å². The van der Waals surface area contributed by atoms with Crippen molar-refractivity contribution in [1.29, 1.82) is 0 Å². The standard InChI is InChI=1S/C12H24N5O5S3/c1-12(2,3)17(11(18)15(4)5)10(13-8-14-17)23-9-16(24(6,19)20)25(7,21)22/h8H,9H2,1-7H3/q+1. The zero-order chi connectivity index (χ0) is 19.8. The molecule has 0 fully saturated rings. The third kappa shape index (κ3) is 4.39. The molecule has 0 radical (unpaired) electrons. The number of hydrogen-bond donors (Lipinski definition) is 0. The van der Waals surface area contributed by atoms with Gasteiger partial charge in [-0.05, 0) is 32.5 Å². The maximum Gasteiger partial charge on any atom is 0.452 e. The average Bonchev–Trinajstić information content (AvgIpc) is 2.78.